The van der Waals surface area contributed by atoms with E-state index in [1.807, 2.05) is 0 Å². The van der Waals surface area contributed by atoms with Crippen LogP contribution < -0.4 is 5.73 Å². The predicted molar refractivity (Wildman–Crippen MR) is 68.1 cm³/mol. The van der Waals surface area contributed by atoms with E-state index in [2.05, 4.69) is 15.0 Å². The summed E-state index contributed by atoms with van der Waals surface area (Å²) in [6.07, 6.45) is -2.46. The van der Waals surface area contributed by atoms with Crippen LogP contribution in [0.25, 0.3) is 11.2 Å². The molecule has 0 radical (unpaired) electrons. The van der Waals surface area contributed by atoms with Crippen LogP contribution in [-0.4, -0.2) is 70.8 Å². The number of carbonyl (C=O) groups is 1. The molecule has 0 bridgehead atoms. The number of aliphatic hydroxyl groups excluding tert-OH is 3. The molecule has 0 saturated carbocycles. The van der Waals surface area contributed by atoms with Gasteiger partial charge in [0.15, 0.2) is 11.2 Å². The van der Waals surface area contributed by atoms with Gasteiger partial charge in [0.25, 0.3) is 11.6 Å². The SMILES string of the molecule is NC(=O)[C@@]1(n2cnc3c(O)ncnc32)O[C@H](CO)[C@@H](O)[C@H]1O. The average Bonchev–Trinajstić information content (AvgIpc) is 3.02. The van der Waals surface area contributed by atoms with Crippen molar-refractivity contribution in [3.05, 3.63) is 12.7 Å². The van der Waals surface area contributed by atoms with Gasteiger partial charge < -0.3 is 30.9 Å². The molecule has 1 aliphatic rings. The number of aliphatic hydroxyl groups is 3. The molecule has 11 nitrogen and oxygen atoms in total. The van der Waals surface area contributed by atoms with Gasteiger partial charge in [0, 0.05) is 0 Å². The van der Waals surface area contributed by atoms with E-state index < -0.39 is 42.4 Å². The summed E-state index contributed by atoms with van der Waals surface area (Å²) in [5.74, 6) is -1.55. The van der Waals surface area contributed by atoms with Crippen LogP contribution >= 0.6 is 0 Å². The normalized spacial score (nSPS) is 31.7. The fourth-order valence-corrected chi connectivity index (χ4v) is 2.54. The summed E-state index contributed by atoms with van der Waals surface area (Å²) in [7, 11) is 0. The molecule has 11 heteroatoms. The lowest BCUT2D eigenvalue weighted by molar-refractivity contribution is -0.172. The van der Waals surface area contributed by atoms with Crippen LogP contribution in [0.1, 0.15) is 0 Å². The number of hydrogen-bond donors (Lipinski definition) is 5. The number of amides is 1. The Morgan fingerprint density at radius 3 is 2.73 bits per heavy atom. The quantitative estimate of drug-likeness (QED) is 0.390. The second-order valence-electron chi connectivity index (χ2n) is 4.82. The maximum Gasteiger partial charge on any atom is 0.274 e. The molecule has 0 aromatic carbocycles. The first-order chi connectivity index (χ1) is 10.4. The van der Waals surface area contributed by atoms with Crippen LogP contribution in [0.15, 0.2) is 12.7 Å². The van der Waals surface area contributed by atoms with Crippen LogP contribution in [0, 0.1) is 0 Å². The number of fused-ring (bicyclic) bond motifs is 1. The summed E-state index contributed by atoms with van der Waals surface area (Å²) in [5.41, 5.74) is 3.06. The molecule has 118 valence electrons. The van der Waals surface area contributed by atoms with Gasteiger partial charge in [-0.05, 0) is 0 Å². The number of hydrogen-bond acceptors (Lipinski definition) is 9. The molecule has 0 spiro atoms. The van der Waals surface area contributed by atoms with Crippen LogP contribution in [-0.2, 0) is 15.3 Å². The Labute approximate surface area is 122 Å². The minimum atomic E-state index is -2.22. The number of primary amides is 1. The Bertz CT molecular complexity index is 735. The second kappa shape index (κ2) is 4.84. The van der Waals surface area contributed by atoms with E-state index in [1.165, 1.54) is 0 Å². The van der Waals surface area contributed by atoms with Crippen LogP contribution in [0.5, 0.6) is 5.88 Å². The summed E-state index contributed by atoms with van der Waals surface area (Å²) in [4.78, 5) is 23.2. The van der Waals surface area contributed by atoms with E-state index in [-0.39, 0.29) is 11.2 Å². The number of imidazole rings is 1. The number of carbonyl (C=O) groups excluding carboxylic acids is 1. The third kappa shape index (κ3) is 1.70. The van der Waals surface area contributed by atoms with Crippen molar-refractivity contribution in [1.82, 2.24) is 19.5 Å². The van der Waals surface area contributed by atoms with Crippen LogP contribution in [0.4, 0.5) is 0 Å². The summed E-state index contributed by atoms with van der Waals surface area (Å²) in [5, 5.41) is 39.0. The van der Waals surface area contributed by atoms with Gasteiger partial charge in [-0.2, -0.15) is 4.98 Å². The largest absolute Gasteiger partial charge is 0.492 e. The second-order valence-corrected chi connectivity index (χ2v) is 4.82. The number of nitrogens with two attached hydrogens (primary N) is 1. The van der Waals surface area contributed by atoms with Crippen molar-refractivity contribution in [2.24, 2.45) is 5.73 Å². The summed E-state index contributed by atoms with van der Waals surface area (Å²) >= 11 is 0. The predicted octanol–water partition coefficient (Wildman–Crippen LogP) is -3.22. The first-order valence-electron chi connectivity index (χ1n) is 6.25. The molecular weight excluding hydrogens is 298 g/mol. The Morgan fingerprint density at radius 1 is 1.41 bits per heavy atom. The standard InChI is InChI=1S/C11H13N5O6/c12-10(21)11(7(19)6(18)4(1-17)22-11)16-3-15-5-8(16)13-2-14-9(5)20/h2-4,6-7,17-19H,1H2,(H2,12,21)(H,13,14,20)/t4-,6-,7-,11+/m1/s1. The summed E-state index contributed by atoms with van der Waals surface area (Å²) in [6.45, 7) is -0.639. The van der Waals surface area contributed by atoms with E-state index in [0.29, 0.717) is 0 Å². The van der Waals surface area contributed by atoms with Gasteiger partial charge in [0.05, 0.1) is 6.61 Å². The molecule has 2 aromatic rings. The van der Waals surface area contributed by atoms with E-state index in [9.17, 15) is 25.2 Å². The van der Waals surface area contributed by atoms with Crippen molar-refractivity contribution < 1.29 is 30.0 Å². The molecule has 0 aliphatic carbocycles. The Kier molecular flexibility index (Phi) is 3.21. The summed E-state index contributed by atoms with van der Waals surface area (Å²) in [6, 6.07) is 0. The highest BCUT2D eigenvalue weighted by atomic mass is 16.6. The van der Waals surface area contributed by atoms with Gasteiger partial charge in [-0.1, -0.05) is 0 Å². The van der Waals surface area contributed by atoms with E-state index in [0.717, 1.165) is 17.2 Å². The van der Waals surface area contributed by atoms with Gasteiger partial charge in [0.2, 0.25) is 5.88 Å². The van der Waals surface area contributed by atoms with Crippen molar-refractivity contribution in [3.63, 3.8) is 0 Å². The van der Waals surface area contributed by atoms with Crippen LogP contribution in [0.3, 0.4) is 0 Å². The third-order valence-electron chi connectivity index (χ3n) is 3.64. The lowest BCUT2D eigenvalue weighted by Gasteiger charge is -2.30. The van der Waals surface area contributed by atoms with Crippen molar-refractivity contribution in [2.75, 3.05) is 6.61 Å². The molecule has 1 amide bonds. The number of aromatic nitrogens is 4. The highest BCUT2D eigenvalue weighted by molar-refractivity contribution is 5.85. The van der Waals surface area contributed by atoms with Gasteiger partial charge in [-0.15, -0.1) is 0 Å². The molecule has 2 aromatic heterocycles. The Hall–Kier alpha value is -2.34. The average molecular weight is 311 g/mol. The molecular formula is C11H13N5O6. The van der Waals surface area contributed by atoms with Crippen molar-refractivity contribution in [3.8, 4) is 5.88 Å². The Balaban J connectivity index is 2.24. The lowest BCUT2D eigenvalue weighted by Crippen LogP contribution is -2.54. The summed E-state index contributed by atoms with van der Waals surface area (Å²) < 4.78 is 6.33. The molecule has 3 heterocycles. The molecule has 1 aliphatic heterocycles. The maximum atomic E-state index is 12.0. The number of aromatic hydroxyl groups is 1. The highest BCUT2D eigenvalue weighted by Gasteiger charge is 2.60. The minimum Gasteiger partial charge on any atom is -0.492 e. The fourth-order valence-electron chi connectivity index (χ4n) is 2.54. The van der Waals surface area contributed by atoms with Crippen molar-refractivity contribution >= 4 is 17.1 Å². The molecule has 1 saturated heterocycles. The van der Waals surface area contributed by atoms with E-state index in [1.54, 1.807) is 0 Å². The van der Waals surface area contributed by atoms with Gasteiger partial charge in [0.1, 0.15) is 31.0 Å². The van der Waals surface area contributed by atoms with Gasteiger partial charge in [-0.3, -0.25) is 9.36 Å². The molecule has 0 unspecified atom stereocenters. The third-order valence-corrected chi connectivity index (χ3v) is 3.64. The molecule has 4 atom stereocenters. The van der Waals surface area contributed by atoms with Crippen LogP contribution in [0.2, 0.25) is 0 Å². The minimum absolute atomic E-state index is 0.0314. The van der Waals surface area contributed by atoms with E-state index >= 15 is 0 Å². The van der Waals surface area contributed by atoms with Gasteiger partial charge >= 0.3 is 0 Å². The lowest BCUT2D eigenvalue weighted by atomic mass is 10.0. The Morgan fingerprint density at radius 2 is 2.14 bits per heavy atom. The zero-order valence-electron chi connectivity index (χ0n) is 11.1. The number of ether oxygens (including phenoxy) is 1. The number of nitrogens with zero attached hydrogens (tertiary/aromatic N) is 4. The molecule has 22 heavy (non-hydrogen) atoms. The monoisotopic (exact) mass is 311 g/mol. The van der Waals surface area contributed by atoms with Crippen molar-refractivity contribution in [1.29, 1.82) is 0 Å². The molecule has 1 fully saturated rings. The van der Waals surface area contributed by atoms with Crippen molar-refractivity contribution in [2.45, 2.75) is 24.0 Å². The topological polar surface area (TPSA) is 177 Å². The first kappa shape index (κ1) is 14.6. The first-order valence-corrected chi connectivity index (χ1v) is 6.25. The van der Waals surface area contributed by atoms with E-state index in [4.69, 9.17) is 10.5 Å². The van der Waals surface area contributed by atoms with Gasteiger partial charge in [-0.25, -0.2) is 9.97 Å². The zero-order valence-corrected chi connectivity index (χ0v) is 11.1. The maximum absolute atomic E-state index is 12.0. The molecule has 3 rings (SSSR count). The highest BCUT2D eigenvalue weighted by Crippen LogP contribution is 2.37. The smallest absolute Gasteiger partial charge is 0.274 e. The fraction of sp³-hybridized carbons (Fsp3) is 0.455. The zero-order chi connectivity index (χ0) is 16.1. The molecule has 6 N–H and O–H groups in total. The number of rotatable bonds is 3.